The predicted octanol–water partition coefficient (Wildman–Crippen LogP) is 2.07. The van der Waals surface area contributed by atoms with Gasteiger partial charge in [-0.2, -0.15) is 0 Å². The molecule has 32 heavy (non-hydrogen) atoms. The van der Waals surface area contributed by atoms with Gasteiger partial charge in [-0.25, -0.2) is 18.1 Å². The molecule has 0 atom stereocenters. The van der Waals surface area contributed by atoms with Crippen molar-refractivity contribution in [1.82, 2.24) is 25.0 Å². The first-order valence-corrected chi connectivity index (χ1v) is 11.6. The number of amides is 2. The molecule has 3 aromatic rings. The molecule has 0 aliphatic carbocycles. The summed E-state index contributed by atoms with van der Waals surface area (Å²) in [5.41, 5.74) is 7.02. The van der Waals surface area contributed by atoms with Crippen molar-refractivity contribution in [1.29, 1.82) is 0 Å². The maximum Gasteiger partial charge on any atom is 0.288 e. The first-order valence-electron chi connectivity index (χ1n) is 10.1. The van der Waals surface area contributed by atoms with Gasteiger partial charge >= 0.3 is 0 Å². The molecule has 0 saturated heterocycles. The summed E-state index contributed by atoms with van der Waals surface area (Å²) in [6, 6.07) is 12.0. The Kier molecular flexibility index (Phi) is 6.65. The van der Waals surface area contributed by atoms with Crippen molar-refractivity contribution in [2.24, 2.45) is 0 Å². The summed E-state index contributed by atoms with van der Waals surface area (Å²) in [6.45, 7) is 7.72. The molecule has 1 aromatic carbocycles. The second kappa shape index (κ2) is 9.09. The maximum atomic E-state index is 12.5. The molecule has 3 N–H and O–H groups in total. The number of aryl methyl sites for hydroxylation is 1. The van der Waals surface area contributed by atoms with E-state index in [1.165, 1.54) is 0 Å². The molecule has 2 amide bonds. The maximum absolute atomic E-state index is 12.5. The minimum absolute atomic E-state index is 0.0833. The van der Waals surface area contributed by atoms with Crippen molar-refractivity contribution in [3.63, 3.8) is 0 Å². The highest BCUT2D eigenvalue weighted by molar-refractivity contribution is 7.89. The van der Waals surface area contributed by atoms with E-state index in [1.54, 1.807) is 53.9 Å². The van der Waals surface area contributed by atoms with Gasteiger partial charge in [-0.3, -0.25) is 24.8 Å². The standard InChI is InChI=1S/C22H27N5O4S/c1-15-20(27-14-6-5-7-18(27)24-15)21(29)26-25-19(28)12-13-23-32(30,31)17-10-8-16(9-11-17)22(2,3)4/h5-11,14,23H,12-13H2,1-4H3,(H,25,28)(H,26,29). The van der Waals surface area contributed by atoms with Gasteiger partial charge in [0.2, 0.25) is 15.9 Å². The normalized spacial score (nSPS) is 12.0. The highest BCUT2D eigenvalue weighted by Crippen LogP contribution is 2.23. The zero-order valence-corrected chi connectivity index (χ0v) is 19.3. The molecule has 0 spiro atoms. The number of hydrogen-bond acceptors (Lipinski definition) is 5. The monoisotopic (exact) mass is 457 g/mol. The SMILES string of the molecule is Cc1nc2ccccn2c1C(=O)NNC(=O)CCNS(=O)(=O)c1ccc(C(C)(C)C)cc1. The Morgan fingerprint density at radius 3 is 2.38 bits per heavy atom. The lowest BCUT2D eigenvalue weighted by molar-refractivity contribution is -0.121. The van der Waals surface area contributed by atoms with E-state index < -0.39 is 21.8 Å². The number of hydrazine groups is 1. The molecule has 2 aromatic heterocycles. The van der Waals surface area contributed by atoms with Crippen molar-refractivity contribution >= 4 is 27.5 Å². The number of carbonyl (C=O) groups is 2. The summed E-state index contributed by atoms with van der Waals surface area (Å²) in [4.78, 5) is 28.9. The molecule has 0 bridgehead atoms. The molecule has 3 rings (SSSR count). The summed E-state index contributed by atoms with van der Waals surface area (Å²) in [5, 5.41) is 0. The number of sulfonamides is 1. The van der Waals surface area contributed by atoms with Crippen LogP contribution in [0.5, 0.6) is 0 Å². The quantitative estimate of drug-likeness (QED) is 0.489. The third-order valence-corrected chi connectivity index (χ3v) is 6.39. The van der Waals surface area contributed by atoms with Gasteiger partial charge in [-0.15, -0.1) is 0 Å². The van der Waals surface area contributed by atoms with Gasteiger partial charge in [-0.05, 0) is 42.2 Å². The Labute approximate surface area is 187 Å². The third-order valence-electron chi connectivity index (χ3n) is 4.91. The fourth-order valence-electron chi connectivity index (χ4n) is 3.15. The van der Waals surface area contributed by atoms with Gasteiger partial charge in [-0.1, -0.05) is 39.0 Å². The number of pyridine rings is 1. The van der Waals surface area contributed by atoms with E-state index in [4.69, 9.17) is 0 Å². The molecule has 170 valence electrons. The third kappa shape index (κ3) is 5.32. The minimum atomic E-state index is -3.74. The number of aromatic nitrogens is 2. The summed E-state index contributed by atoms with van der Waals surface area (Å²) in [7, 11) is -3.74. The summed E-state index contributed by atoms with van der Waals surface area (Å²) < 4.78 is 28.9. The lowest BCUT2D eigenvalue weighted by Gasteiger charge is -2.19. The van der Waals surface area contributed by atoms with Crippen molar-refractivity contribution in [3.8, 4) is 0 Å². The van der Waals surface area contributed by atoms with Gasteiger partial charge in [0.1, 0.15) is 11.3 Å². The van der Waals surface area contributed by atoms with Gasteiger partial charge in [0.25, 0.3) is 5.91 Å². The van der Waals surface area contributed by atoms with Crippen LogP contribution < -0.4 is 15.6 Å². The number of carbonyl (C=O) groups excluding carboxylic acids is 2. The summed E-state index contributed by atoms with van der Waals surface area (Å²) in [6.07, 6.45) is 1.56. The zero-order chi connectivity index (χ0) is 23.5. The number of fused-ring (bicyclic) bond motifs is 1. The highest BCUT2D eigenvalue weighted by atomic mass is 32.2. The van der Waals surface area contributed by atoms with Crippen molar-refractivity contribution < 1.29 is 18.0 Å². The van der Waals surface area contributed by atoms with E-state index in [1.807, 2.05) is 26.8 Å². The predicted molar refractivity (Wildman–Crippen MR) is 120 cm³/mol. The molecule has 9 nitrogen and oxygen atoms in total. The van der Waals surface area contributed by atoms with Gasteiger partial charge in [0, 0.05) is 19.2 Å². The second-order valence-corrected chi connectivity index (χ2v) is 10.2. The van der Waals surface area contributed by atoms with Crippen LogP contribution in [0.2, 0.25) is 0 Å². The number of imidazole rings is 1. The van der Waals surface area contributed by atoms with Crippen LogP contribution in [0.15, 0.2) is 53.6 Å². The first-order chi connectivity index (χ1) is 15.0. The Morgan fingerprint density at radius 1 is 1.03 bits per heavy atom. The number of benzene rings is 1. The van der Waals surface area contributed by atoms with Crippen LogP contribution in [0.4, 0.5) is 0 Å². The van der Waals surface area contributed by atoms with E-state index in [9.17, 15) is 18.0 Å². The molecule has 0 fully saturated rings. The van der Waals surface area contributed by atoms with E-state index in [-0.39, 0.29) is 23.3 Å². The van der Waals surface area contributed by atoms with Crippen LogP contribution in [0, 0.1) is 6.92 Å². The topological polar surface area (TPSA) is 122 Å². The number of rotatable bonds is 6. The molecular formula is C22H27N5O4S. The largest absolute Gasteiger partial charge is 0.295 e. The van der Waals surface area contributed by atoms with E-state index in [2.05, 4.69) is 20.6 Å². The molecule has 0 saturated carbocycles. The highest BCUT2D eigenvalue weighted by Gasteiger charge is 2.19. The fraction of sp³-hybridized carbons (Fsp3) is 0.318. The van der Waals surface area contributed by atoms with Crippen molar-refractivity contribution in [3.05, 3.63) is 65.6 Å². The minimum Gasteiger partial charge on any atom is -0.295 e. The van der Waals surface area contributed by atoms with E-state index in [0.29, 0.717) is 17.0 Å². The zero-order valence-electron chi connectivity index (χ0n) is 18.5. The lowest BCUT2D eigenvalue weighted by atomic mass is 9.87. The first kappa shape index (κ1) is 23.4. The van der Waals surface area contributed by atoms with Crippen LogP contribution in [0.3, 0.4) is 0 Å². The Bertz CT molecular complexity index is 1240. The Hall–Kier alpha value is -3.24. The molecule has 0 aliphatic rings. The smallest absolute Gasteiger partial charge is 0.288 e. The molecule has 0 radical (unpaired) electrons. The lowest BCUT2D eigenvalue weighted by Crippen LogP contribution is -2.43. The average Bonchev–Trinajstić information content (AvgIpc) is 3.07. The van der Waals surface area contributed by atoms with Gasteiger partial charge in [0.05, 0.1) is 10.6 Å². The molecule has 0 unspecified atom stereocenters. The Morgan fingerprint density at radius 2 is 1.72 bits per heavy atom. The Balaban J connectivity index is 1.51. The van der Waals surface area contributed by atoms with Crippen LogP contribution in [-0.4, -0.2) is 36.2 Å². The number of nitrogens with one attached hydrogen (secondary N) is 3. The van der Waals surface area contributed by atoms with E-state index in [0.717, 1.165) is 5.56 Å². The van der Waals surface area contributed by atoms with Crippen molar-refractivity contribution in [2.75, 3.05) is 6.54 Å². The van der Waals surface area contributed by atoms with Crippen LogP contribution in [0.1, 0.15) is 48.9 Å². The molecule has 10 heteroatoms. The van der Waals surface area contributed by atoms with Crippen LogP contribution in [-0.2, 0) is 20.2 Å². The van der Waals surface area contributed by atoms with Crippen LogP contribution >= 0.6 is 0 Å². The van der Waals surface area contributed by atoms with Crippen LogP contribution in [0.25, 0.3) is 5.65 Å². The average molecular weight is 458 g/mol. The number of nitrogens with zero attached hydrogens (tertiary/aromatic N) is 2. The summed E-state index contributed by atoms with van der Waals surface area (Å²) in [5.74, 6) is -1.05. The molecular weight excluding hydrogens is 430 g/mol. The van der Waals surface area contributed by atoms with E-state index >= 15 is 0 Å². The number of hydrogen-bond donors (Lipinski definition) is 3. The molecule has 2 heterocycles. The summed E-state index contributed by atoms with van der Waals surface area (Å²) >= 11 is 0. The molecule has 0 aliphatic heterocycles. The van der Waals surface area contributed by atoms with Gasteiger partial charge in [0.15, 0.2) is 0 Å². The van der Waals surface area contributed by atoms with Crippen molar-refractivity contribution in [2.45, 2.75) is 44.4 Å². The van der Waals surface area contributed by atoms with Gasteiger partial charge < -0.3 is 0 Å². The second-order valence-electron chi connectivity index (χ2n) is 8.40. The fourth-order valence-corrected chi connectivity index (χ4v) is 4.18.